The van der Waals surface area contributed by atoms with E-state index in [0.717, 1.165) is 54.8 Å². The highest BCUT2D eigenvalue weighted by molar-refractivity contribution is 7.20. The van der Waals surface area contributed by atoms with E-state index in [1.165, 1.54) is 0 Å². The maximum Gasteiger partial charge on any atom is 0.0887 e. The van der Waals surface area contributed by atoms with E-state index in [9.17, 15) is 0 Å². The first-order valence-electron chi connectivity index (χ1n) is 11.8. The minimum Gasteiger partial charge on any atom is -0.255 e. The molecule has 0 saturated heterocycles. The fraction of sp³-hybridized carbons (Fsp3) is 0. The summed E-state index contributed by atoms with van der Waals surface area (Å²) >= 11 is 3.35. The van der Waals surface area contributed by atoms with E-state index in [0.29, 0.717) is 0 Å². The zero-order valence-corrected chi connectivity index (χ0v) is 21.6. The Hall–Kier alpha value is -4.88. The molecule has 6 aromatic heterocycles. The van der Waals surface area contributed by atoms with Crippen molar-refractivity contribution in [1.29, 1.82) is 0 Å². The Kier molecular flexibility index (Phi) is 6.82. The molecule has 0 aliphatic heterocycles. The first-order valence-corrected chi connectivity index (χ1v) is 13.5. The average molecular weight is 523 g/mol. The van der Waals surface area contributed by atoms with Gasteiger partial charge in [-0.1, -0.05) is 35.8 Å². The number of pyridine rings is 4. The summed E-state index contributed by atoms with van der Waals surface area (Å²) in [7, 11) is 0. The Labute approximate surface area is 228 Å². The lowest BCUT2D eigenvalue weighted by molar-refractivity contribution is 1.24. The van der Waals surface area contributed by atoms with Gasteiger partial charge in [-0.15, -0.1) is 22.7 Å². The zero-order valence-electron chi connectivity index (χ0n) is 20.0. The van der Waals surface area contributed by atoms with Crippen LogP contribution in [0.1, 0.15) is 22.3 Å². The van der Waals surface area contributed by atoms with Gasteiger partial charge in [0.2, 0.25) is 0 Å². The van der Waals surface area contributed by atoms with Gasteiger partial charge in [0, 0.05) is 47.0 Å². The molecule has 178 valence electrons. The van der Waals surface area contributed by atoms with E-state index >= 15 is 0 Å². The van der Waals surface area contributed by atoms with Crippen LogP contribution in [-0.2, 0) is 0 Å². The standard InChI is InChI=1S/C32H18N4S2/c1-3-17-33-27(5-1)29-13-9-23(21-35-29)7-11-25-15-19-37-31(25)32-26(16-20-38-32)12-8-24-10-14-30(36-22-24)28-6-2-4-18-34-28/h1-6,9-10,13-22H. The summed E-state index contributed by atoms with van der Waals surface area (Å²) in [6.45, 7) is 0. The first kappa shape index (κ1) is 23.5. The number of aromatic nitrogens is 4. The lowest BCUT2D eigenvalue weighted by atomic mass is 10.1. The summed E-state index contributed by atoms with van der Waals surface area (Å²) in [5.41, 5.74) is 7.03. The molecule has 0 unspecified atom stereocenters. The molecule has 6 aromatic rings. The third-order valence-corrected chi connectivity index (χ3v) is 7.59. The smallest absolute Gasteiger partial charge is 0.0887 e. The van der Waals surface area contributed by atoms with Crippen molar-refractivity contribution in [3.8, 4) is 56.2 Å². The van der Waals surface area contributed by atoms with Gasteiger partial charge in [0.15, 0.2) is 0 Å². The molecule has 0 aromatic carbocycles. The third kappa shape index (κ3) is 5.28. The second-order valence-corrected chi connectivity index (χ2v) is 9.95. The Morgan fingerprint density at radius 2 is 0.921 bits per heavy atom. The van der Waals surface area contributed by atoms with Crippen molar-refractivity contribution in [2.24, 2.45) is 0 Å². The topological polar surface area (TPSA) is 51.6 Å². The minimum absolute atomic E-state index is 0.829. The third-order valence-electron chi connectivity index (χ3n) is 5.60. The summed E-state index contributed by atoms with van der Waals surface area (Å²) in [6, 6.07) is 23.6. The summed E-state index contributed by atoms with van der Waals surface area (Å²) in [6.07, 6.45) is 7.11. The Morgan fingerprint density at radius 1 is 0.447 bits per heavy atom. The van der Waals surface area contributed by atoms with Crippen LogP contribution in [0.2, 0.25) is 0 Å². The van der Waals surface area contributed by atoms with Crippen LogP contribution in [0.25, 0.3) is 32.5 Å². The van der Waals surface area contributed by atoms with Crippen LogP contribution in [0.4, 0.5) is 0 Å². The predicted molar refractivity (Wildman–Crippen MR) is 155 cm³/mol. The number of nitrogens with zero attached hydrogens (tertiary/aromatic N) is 4. The summed E-state index contributed by atoms with van der Waals surface area (Å²) < 4.78 is 0. The number of hydrogen-bond acceptors (Lipinski definition) is 6. The van der Waals surface area contributed by atoms with Gasteiger partial charge in [-0.05, 0) is 71.4 Å². The molecule has 0 aliphatic rings. The van der Waals surface area contributed by atoms with Crippen molar-refractivity contribution >= 4 is 22.7 Å². The van der Waals surface area contributed by atoms with E-state index in [2.05, 4.69) is 66.5 Å². The van der Waals surface area contributed by atoms with Gasteiger partial charge in [0.25, 0.3) is 0 Å². The maximum atomic E-state index is 4.52. The van der Waals surface area contributed by atoms with E-state index in [1.54, 1.807) is 47.5 Å². The van der Waals surface area contributed by atoms with Crippen molar-refractivity contribution in [1.82, 2.24) is 19.9 Å². The minimum atomic E-state index is 0.829. The van der Waals surface area contributed by atoms with Gasteiger partial charge < -0.3 is 0 Å². The second-order valence-electron chi connectivity index (χ2n) is 8.12. The van der Waals surface area contributed by atoms with Crippen LogP contribution in [-0.4, -0.2) is 19.9 Å². The molecule has 0 amide bonds. The molecular weight excluding hydrogens is 505 g/mol. The van der Waals surface area contributed by atoms with Crippen LogP contribution >= 0.6 is 22.7 Å². The molecule has 6 rings (SSSR count). The Balaban J connectivity index is 1.21. The lowest BCUT2D eigenvalue weighted by Crippen LogP contribution is -1.87. The molecule has 0 fully saturated rings. The summed E-state index contributed by atoms with van der Waals surface area (Å²) in [5, 5.41) is 4.14. The molecule has 0 radical (unpaired) electrons. The molecule has 0 aliphatic carbocycles. The van der Waals surface area contributed by atoms with Crippen LogP contribution in [0.5, 0.6) is 0 Å². The molecule has 38 heavy (non-hydrogen) atoms. The van der Waals surface area contributed by atoms with Gasteiger partial charge in [-0.3, -0.25) is 19.9 Å². The van der Waals surface area contributed by atoms with Gasteiger partial charge >= 0.3 is 0 Å². The quantitative estimate of drug-likeness (QED) is 0.231. The Morgan fingerprint density at radius 3 is 1.32 bits per heavy atom. The highest BCUT2D eigenvalue weighted by atomic mass is 32.1. The molecule has 0 N–H and O–H groups in total. The molecule has 0 spiro atoms. The molecule has 0 saturated carbocycles. The van der Waals surface area contributed by atoms with Crippen molar-refractivity contribution in [3.63, 3.8) is 0 Å². The van der Waals surface area contributed by atoms with Crippen molar-refractivity contribution in [3.05, 3.63) is 131 Å². The van der Waals surface area contributed by atoms with Crippen molar-refractivity contribution in [2.75, 3.05) is 0 Å². The normalized spacial score (nSPS) is 10.2. The van der Waals surface area contributed by atoms with E-state index in [4.69, 9.17) is 0 Å². The molecule has 0 atom stereocenters. The molecule has 0 bridgehead atoms. The number of rotatable bonds is 3. The maximum absolute atomic E-state index is 4.52. The van der Waals surface area contributed by atoms with E-state index in [1.807, 2.05) is 60.7 Å². The van der Waals surface area contributed by atoms with Gasteiger partial charge in [0.1, 0.15) is 0 Å². The summed E-state index contributed by atoms with van der Waals surface area (Å²) in [4.78, 5) is 20.0. The number of thiophene rings is 2. The lowest BCUT2D eigenvalue weighted by Gasteiger charge is -1.99. The fourth-order valence-corrected chi connectivity index (χ4v) is 5.61. The molecular formula is C32H18N4S2. The fourth-order valence-electron chi connectivity index (χ4n) is 3.71. The van der Waals surface area contributed by atoms with E-state index in [-0.39, 0.29) is 0 Å². The highest BCUT2D eigenvalue weighted by Gasteiger charge is 2.11. The van der Waals surface area contributed by atoms with E-state index < -0.39 is 0 Å². The Bertz CT molecular complexity index is 1660. The zero-order chi connectivity index (χ0) is 25.6. The predicted octanol–water partition coefficient (Wildman–Crippen LogP) is 7.19. The number of hydrogen-bond donors (Lipinski definition) is 0. The van der Waals surface area contributed by atoms with Crippen molar-refractivity contribution in [2.45, 2.75) is 0 Å². The highest BCUT2D eigenvalue weighted by Crippen LogP contribution is 2.35. The first-order chi connectivity index (χ1) is 18.8. The SMILES string of the molecule is C(#Cc1ccsc1-c1sccc1C#Cc1ccc(-c2ccccn2)nc1)c1ccc(-c2ccccn2)nc1. The second kappa shape index (κ2) is 11.0. The largest absolute Gasteiger partial charge is 0.255 e. The van der Waals surface area contributed by atoms with Crippen molar-refractivity contribution < 1.29 is 0 Å². The van der Waals surface area contributed by atoms with Gasteiger partial charge in [0.05, 0.1) is 32.5 Å². The monoisotopic (exact) mass is 522 g/mol. The molecule has 6 heteroatoms. The van der Waals surface area contributed by atoms with Crippen LogP contribution in [0.3, 0.4) is 0 Å². The van der Waals surface area contributed by atoms with Crippen LogP contribution < -0.4 is 0 Å². The van der Waals surface area contributed by atoms with Crippen LogP contribution in [0.15, 0.2) is 108 Å². The molecule has 6 heterocycles. The molecule has 4 nitrogen and oxygen atoms in total. The average Bonchev–Trinajstić information content (AvgIpc) is 3.66. The van der Waals surface area contributed by atoms with Gasteiger partial charge in [-0.2, -0.15) is 0 Å². The van der Waals surface area contributed by atoms with Gasteiger partial charge in [-0.25, -0.2) is 0 Å². The summed E-state index contributed by atoms with van der Waals surface area (Å²) in [5.74, 6) is 13.2. The van der Waals surface area contributed by atoms with Crippen LogP contribution in [0, 0.1) is 23.7 Å².